The summed E-state index contributed by atoms with van der Waals surface area (Å²) >= 11 is 0. The molecule has 1 aromatic heterocycles. The first-order chi connectivity index (χ1) is 18.9. The van der Waals surface area contributed by atoms with Crippen molar-refractivity contribution in [2.75, 3.05) is 4.90 Å². The number of benzene rings is 2. The van der Waals surface area contributed by atoms with Gasteiger partial charge in [-0.15, -0.1) is 5.54 Å². The summed E-state index contributed by atoms with van der Waals surface area (Å²) in [7, 11) is -1.90. The third-order valence-corrected chi connectivity index (χ3v) is 14.5. The zero-order valence-electron chi connectivity index (χ0n) is 24.2. The summed E-state index contributed by atoms with van der Waals surface area (Å²) in [6.45, 7) is 15.9. The summed E-state index contributed by atoms with van der Waals surface area (Å²) in [5.74, 6) is 1.68. The summed E-state index contributed by atoms with van der Waals surface area (Å²) in [4.78, 5) is 39.8. The molecule has 1 aliphatic rings. The second-order valence-corrected chi connectivity index (χ2v) is 17.1. The van der Waals surface area contributed by atoms with Crippen molar-refractivity contribution in [2.24, 2.45) is 0 Å². The molecule has 208 valence electrons. The van der Waals surface area contributed by atoms with Crippen molar-refractivity contribution in [3.05, 3.63) is 82.7 Å². The van der Waals surface area contributed by atoms with Gasteiger partial charge >= 0.3 is 5.97 Å². The summed E-state index contributed by atoms with van der Waals surface area (Å²) in [5, 5.41) is 13.5. The number of carbonyl (C=O) groups excluding carboxylic acids is 2. The molecule has 1 atom stereocenters. The Bertz CT molecular complexity index is 1490. The molecule has 0 spiro atoms. The molecule has 0 saturated heterocycles. The minimum absolute atomic E-state index is 0.0585. The van der Waals surface area contributed by atoms with E-state index in [1.54, 1.807) is 35.2 Å². The van der Waals surface area contributed by atoms with Crippen LogP contribution in [-0.2, 0) is 6.54 Å². The third kappa shape index (κ3) is 5.14. The maximum absolute atomic E-state index is 13.4. The Balaban J connectivity index is 1.59. The molecule has 0 bridgehead atoms. The van der Waals surface area contributed by atoms with Crippen molar-refractivity contribution in [3.8, 4) is 11.5 Å². The Morgan fingerprint density at radius 1 is 0.975 bits per heavy atom. The summed E-state index contributed by atoms with van der Waals surface area (Å²) in [5.41, 5.74) is 7.71. The number of carbonyl (C=O) groups is 3. The van der Waals surface area contributed by atoms with Crippen molar-refractivity contribution in [1.82, 2.24) is 9.78 Å². The Morgan fingerprint density at radius 3 is 2.17 bits per heavy atom. The number of anilines is 1. The lowest BCUT2D eigenvalue weighted by Crippen LogP contribution is -2.47. The molecule has 4 rings (SSSR count). The van der Waals surface area contributed by atoms with Crippen molar-refractivity contribution < 1.29 is 19.5 Å². The predicted molar refractivity (Wildman–Crippen MR) is 160 cm³/mol. The van der Waals surface area contributed by atoms with Gasteiger partial charge in [0.15, 0.2) is 5.78 Å². The maximum Gasteiger partial charge on any atom is 0.339 e. The van der Waals surface area contributed by atoms with Crippen LogP contribution in [0.4, 0.5) is 5.69 Å². The van der Waals surface area contributed by atoms with Gasteiger partial charge in [0, 0.05) is 22.4 Å². The van der Waals surface area contributed by atoms with Crippen molar-refractivity contribution in [2.45, 2.75) is 77.7 Å². The van der Waals surface area contributed by atoms with Crippen molar-refractivity contribution in [3.63, 3.8) is 0 Å². The number of hydrogen-bond acceptors (Lipinski definition) is 4. The summed E-state index contributed by atoms with van der Waals surface area (Å²) < 4.78 is 1.44. The Kier molecular flexibility index (Phi) is 8.17. The Morgan fingerprint density at radius 2 is 1.60 bits per heavy atom. The largest absolute Gasteiger partial charge is 0.478 e. The molecule has 1 N–H and O–H groups in total. The molecule has 7 nitrogen and oxygen atoms in total. The molecular weight excluding hydrogens is 518 g/mol. The predicted octanol–water partition coefficient (Wildman–Crippen LogP) is 6.43. The highest BCUT2D eigenvalue weighted by Crippen LogP contribution is 2.40. The second-order valence-electron chi connectivity index (χ2n) is 11.5. The van der Waals surface area contributed by atoms with Crippen LogP contribution in [0.2, 0.25) is 16.6 Å². The molecule has 0 aliphatic carbocycles. The van der Waals surface area contributed by atoms with E-state index in [1.165, 1.54) is 10.9 Å². The van der Waals surface area contributed by atoms with Crippen LogP contribution in [-0.4, -0.2) is 46.7 Å². The van der Waals surface area contributed by atoms with Gasteiger partial charge in [-0.25, -0.2) is 4.79 Å². The number of rotatable bonds is 7. The number of amides is 1. The lowest BCUT2D eigenvalue weighted by molar-refractivity contribution is 0.0689. The molecule has 1 amide bonds. The first-order valence-corrected chi connectivity index (χ1v) is 16.0. The normalized spacial score (nSPS) is 15.3. The van der Waals surface area contributed by atoms with E-state index >= 15 is 0 Å². The highest BCUT2D eigenvalue weighted by atomic mass is 28.3. The number of hydrogen-bond donors (Lipinski definition) is 1. The fourth-order valence-corrected chi connectivity index (χ4v) is 11.4. The van der Waals surface area contributed by atoms with Crippen LogP contribution in [0.3, 0.4) is 0 Å². The minimum Gasteiger partial charge on any atom is -0.478 e. The van der Waals surface area contributed by atoms with E-state index in [9.17, 15) is 19.5 Å². The van der Waals surface area contributed by atoms with Gasteiger partial charge in [-0.05, 0) is 59.9 Å². The number of carboxylic acid groups (broad SMARTS) is 1. The van der Waals surface area contributed by atoms with Gasteiger partial charge in [-0.1, -0.05) is 59.6 Å². The zero-order valence-corrected chi connectivity index (χ0v) is 25.2. The number of fused-ring (bicyclic) bond motifs is 1. The highest BCUT2D eigenvalue weighted by molar-refractivity contribution is 6.90. The smallest absolute Gasteiger partial charge is 0.339 e. The van der Waals surface area contributed by atoms with E-state index in [4.69, 9.17) is 0 Å². The molecule has 40 heavy (non-hydrogen) atoms. The van der Waals surface area contributed by atoms with Gasteiger partial charge in [0.25, 0.3) is 5.91 Å². The molecule has 0 saturated carbocycles. The van der Waals surface area contributed by atoms with Crippen molar-refractivity contribution >= 4 is 31.4 Å². The second kappa shape index (κ2) is 11.3. The van der Waals surface area contributed by atoms with E-state index < -0.39 is 20.0 Å². The average molecular weight is 556 g/mol. The van der Waals surface area contributed by atoms with E-state index in [-0.39, 0.29) is 23.1 Å². The number of aromatic carboxylic acids is 1. The Hall–Kier alpha value is -3.96. The third-order valence-electron chi connectivity index (χ3n) is 8.19. The van der Waals surface area contributed by atoms with E-state index in [0.717, 1.165) is 5.56 Å². The lowest BCUT2D eigenvalue weighted by Gasteiger charge is -2.38. The van der Waals surface area contributed by atoms with Gasteiger partial charge in [0.1, 0.15) is 19.3 Å². The van der Waals surface area contributed by atoms with Gasteiger partial charge < -0.3 is 10.0 Å². The van der Waals surface area contributed by atoms with Crippen LogP contribution in [0.15, 0.2) is 54.7 Å². The van der Waals surface area contributed by atoms with Gasteiger partial charge in [0.05, 0.1) is 18.8 Å². The molecule has 1 aliphatic heterocycles. The van der Waals surface area contributed by atoms with Crippen LogP contribution in [0.1, 0.15) is 90.8 Å². The first-order valence-electron chi connectivity index (χ1n) is 13.8. The van der Waals surface area contributed by atoms with Crippen LogP contribution in [0, 0.1) is 11.5 Å². The van der Waals surface area contributed by atoms with Crippen LogP contribution >= 0.6 is 0 Å². The van der Waals surface area contributed by atoms with Crippen molar-refractivity contribution in [1.29, 1.82) is 0 Å². The molecule has 0 radical (unpaired) electrons. The van der Waals surface area contributed by atoms with E-state index in [2.05, 4.69) is 58.1 Å². The molecular formula is C32H37N3O4Si. The first kappa shape index (κ1) is 29.0. The molecule has 2 heterocycles. The van der Waals surface area contributed by atoms with Crippen LogP contribution in [0.5, 0.6) is 0 Å². The molecule has 8 heteroatoms. The van der Waals surface area contributed by atoms with Gasteiger partial charge in [0.2, 0.25) is 0 Å². The maximum atomic E-state index is 13.4. The van der Waals surface area contributed by atoms with E-state index in [0.29, 0.717) is 40.0 Å². The Labute approximate surface area is 237 Å². The fourth-order valence-electron chi connectivity index (χ4n) is 6.22. The molecule has 0 unspecified atom stereocenters. The zero-order chi connectivity index (χ0) is 29.4. The monoisotopic (exact) mass is 555 g/mol. The van der Waals surface area contributed by atoms with Gasteiger partial charge in [-0.3, -0.25) is 14.3 Å². The number of nitrogens with zero attached hydrogens (tertiary/aromatic N) is 3. The standard InChI is InChI=1S/C32H37N3O4Si/c1-20(2)40(21(3)4,22(5)6)16-15-24-9-8-10-26(17-24)30(36)25-11-13-27(14-12-25)35-23(7)19-34-29(31(35)37)28(18-33-34)32(38)39/h8-14,17-18,20-23H,19H2,1-7H3,(H,38,39)/t23-/m0/s1. The average Bonchev–Trinajstić information content (AvgIpc) is 3.33. The lowest BCUT2D eigenvalue weighted by atomic mass is 10.0. The summed E-state index contributed by atoms with van der Waals surface area (Å²) in [6, 6.07) is 14.1. The van der Waals surface area contributed by atoms with Crippen LogP contribution < -0.4 is 4.90 Å². The minimum atomic E-state index is -1.90. The number of aromatic nitrogens is 2. The quantitative estimate of drug-likeness (QED) is 0.206. The number of ketones is 1. The highest BCUT2D eigenvalue weighted by Gasteiger charge is 2.41. The molecule has 3 aromatic rings. The SMILES string of the molecule is CC(C)[Si](C#Cc1cccc(C(=O)c2ccc(N3C(=O)c4c(C(=O)O)cnn4C[C@@H]3C)cc2)c1)(C(C)C)C(C)C. The topological polar surface area (TPSA) is 92.5 Å². The van der Waals surface area contributed by atoms with E-state index in [1.807, 2.05) is 25.1 Å². The summed E-state index contributed by atoms with van der Waals surface area (Å²) in [6.07, 6.45) is 1.21. The molecule has 2 aromatic carbocycles. The number of carboxylic acids is 1. The van der Waals surface area contributed by atoms with Gasteiger partial charge in [-0.2, -0.15) is 5.10 Å². The molecule has 0 fully saturated rings. The fraction of sp³-hybridized carbons (Fsp3) is 0.375. The van der Waals surface area contributed by atoms with Crippen LogP contribution in [0.25, 0.3) is 0 Å².